The number of hydrogen-bond donors (Lipinski definition) is 1. The molecule has 1 rings (SSSR count). The molecule has 0 saturated carbocycles. The number of methoxy groups -OCH3 is 2. The molecule has 0 spiro atoms. The maximum absolute atomic E-state index is 12.1. The van der Waals surface area contributed by atoms with E-state index < -0.39 is 10.8 Å². The van der Waals surface area contributed by atoms with Crippen LogP contribution in [-0.2, 0) is 15.5 Å². The molecule has 0 saturated heterocycles. The Labute approximate surface area is 124 Å². The van der Waals surface area contributed by atoms with E-state index in [1.807, 2.05) is 24.3 Å². The van der Waals surface area contributed by atoms with Gasteiger partial charge in [-0.2, -0.15) is 0 Å². The molecule has 0 amide bonds. The summed E-state index contributed by atoms with van der Waals surface area (Å²) in [6, 6.07) is 8.02. The molecule has 0 aromatic heterocycles. The van der Waals surface area contributed by atoms with Crippen LogP contribution in [0.1, 0.15) is 24.9 Å². The van der Waals surface area contributed by atoms with Crippen molar-refractivity contribution in [2.24, 2.45) is 0 Å². The lowest BCUT2D eigenvalue weighted by Crippen LogP contribution is -2.27. The molecule has 1 N–H and O–H groups in total. The molecule has 0 aliphatic rings. The van der Waals surface area contributed by atoms with Crippen LogP contribution in [0.2, 0.25) is 0 Å². The first-order valence-corrected chi connectivity index (χ1v) is 8.41. The highest BCUT2D eigenvalue weighted by Gasteiger charge is 2.14. The fourth-order valence-electron chi connectivity index (χ4n) is 2.01. The number of ether oxygens (including phenoxy) is 2. The predicted octanol–water partition coefficient (Wildman–Crippen LogP) is 2.13. The monoisotopic (exact) mass is 299 g/mol. The minimum absolute atomic E-state index is 0.0958. The Balaban J connectivity index is 2.65. The average Bonchev–Trinajstić information content (AvgIpc) is 2.47. The number of rotatable bonds is 10. The molecule has 2 unspecified atom stereocenters. The Bertz CT molecular complexity index is 412. The van der Waals surface area contributed by atoms with Crippen molar-refractivity contribution in [3.05, 3.63) is 29.8 Å². The van der Waals surface area contributed by atoms with Crippen molar-refractivity contribution in [1.82, 2.24) is 5.32 Å². The van der Waals surface area contributed by atoms with Crippen LogP contribution in [0.3, 0.4) is 0 Å². The molecule has 0 bridgehead atoms. The van der Waals surface area contributed by atoms with Gasteiger partial charge in [0.1, 0.15) is 5.75 Å². The first-order chi connectivity index (χ1) is 9.71. The van der Waals surface area contributed by atoms with Gasteiger partial charge in [-0.25, -0.2) is 0 Å². The van der Waals surface area contributed by atoms with Crippen molar-refractivity contribution in [3.8, 4) is 5.75 Å². The standard InChI is InChI=1S/C15H25NO3S/c1-4-16-15(12-20(17)10-6-9-18-2)13-7-5-8-14(11-13)19-3/h5,7-8,11,15-16H,4,6,9-10,12H2,1-3H3. The van der Waals surface area contributed by atoms with Gasteiger partial charge in [-0.1, -0.05) is 19.1 Å². The van der Waals surface area contributed by atoms with E-state index in [1.165, 1.54) is 0 Å². The van der Waals surface area contributed by atoms with Crippen LogP contribution in [0.15, 0.2) is 24.3 Å². The summed E-state index contributed by atoms with van der Waals surface area (Å²) >= 11 is 0. The van der Waals surface area contributed by atoms with Gasteiger partial charge in [0.15, 0.2) is 0 Å². The van der Waals surface area contributed by atoms with Crippen LogP contribution in [0.5, 0.6) is 5.75 Å². The summed E-state index contributed by atoms with van der Waals surface area (Å²) in [5, 5.41) is 3.39. The summed E-state index contributed by atoms with van der Waals surface area (Å²) in [7, 11) is 2.48. The third-order valence-electron chi connectivity index (χ3n) is 3.02. The van der Waals surface area contributed by atoms with Crippen LogP contribution in [-0.4, -0.2) is 43.1 Å². The summed E-state index contributed by atoms with van der Waals surface area (Å²) < 4.78 is 22.4. The van der Waals surface area contributed by atoms with Crippen LogP contribution < -0.4 is 10.1 Å². The number of benzene rings is 1. The lowest BCUT2D eigenvalue weighted by Gasteiger charge is -2.18. The molecule has 0 fully saturated rings. The maximum Gasteiger partial charge on any atom is 0.119 e. The van der Waals surface area contributed by atoms with Gasteiger partial charge in [0.05, 0.1) is 7.11 Å². The van der Waals surface area contributed by atoms with Gasteiger partial charge in [0, 0.05) is 42.1 Å². The van der Waals surface area contributed by atoms with E-state index >= 15 is 0 Å². The van der Waals surface area contributed by atoms with Gasteiger partial charge in [0.25, 0.3) is 0 Å². The Hall–Kier alpha value is -0.910. The van der Waals surface area contributed by atoms with E-state index in [9.17, 15) is 4.21 Å². The van der Waals surface area contributed by atoms with Crippen molar-refractivity contribution in [1.29, 1.82) is 0 Å². The van der Waals surface area contributed by atoms with E-state index in [0.29, 0.717) is 18.1 Å². The third-order valence-corrected chi connectivity index (χ3v) is 4.47. The van der Waals surface area contributed by atoms with Crippen LogP contribution in [0.25, 0.3) is 0 Å². The lowest BCUT2D eigenvalue weighted by molar-refractivity contribution is 0.200. The zero-order valence-electron chi connectivity index (χ0n) is 12.6. The third kappa shape index (κ3) is 6.03. The molecule has 0 aliphatic carbocycles. The van der Waals surface area contributed by atoms with Crippen molar-refractivity contribution >= 4 is 10.8 Å². The van der Waals surface area contributed by atoms with Gasteiger partial charge in [0.2, 0.25) is 0 Å². The Morgan fingerprint density at radius 1 is 1.35 bits per heavy atom. The molecule has 2 atom stereocenters. The van der Waals surface area contributed by atoms with E-state index in [4.69, 9.17) is 9.47 Å². The molecule has 5 heteroatoms. The SMILES string of the molecule is CCNC(CS(=O)CCCOC)c1cccc(OC)c1. The quantitative estimate of drug-likeness (QED) is 0.672. The normalized spacial score (nSPS) is 13.9. The smallest absolute Gasteiger partial charge is 0.119 e. The first kappa shape index (κ1) is 17.1. The van der Waals surface area contributed by atoms with Gasteiger partial charge < -0.3 is 14.8 Å². The molecule has 20 heavy (non-hydrogen) atoms. The maximum atomic E-state index is 12.1. The van der Waals surface area contributed by atoms with Crippen LogP contribution in [0, 0.1) is 0 Å². The summed E-state index contributed by atoms with van der Waals surface area (Å²) in [5.41, 5.74) is 1.12. The van der Waals surface area contributed by atoms with Gasteiger partial charge in [-0.3, -0.25) is 4.21 Å². The molecular formula is C15H25NO3S. The highest BCUT2D eigenvalue weighted by molar-refractivity contribution is 7.85. The molecule has 0 radical (unpaired) electrons. The number of nitrogens with one attached hydrogen (secondary N) is 1. The first-order valence-electron chi connectivity index (χ1n) is 6.92. The zero-order valence-corrected chi connectivity index (χ0v) is 13.4. The van der Waals surface area contributed by atoms with Gasteiger partial charge in [-0.15, -0.1) is 0 Å². The second-order valence-corrected chi connectivity index (χ2v) is 6.17. The van der Waals surface area contributed by atoms with Crippen LogP contribution in [0.4, 0.5) is 0 Å². The topological polar surface area (TPSA) is 47.6 Å². The van der Waals surface area contributed by atoms with Crippen molar-refractivity contribution in [2.45, 2.75) is 19.4 Å². The van der Waals surface area contributed by atoms with E-state index in [2.05, 4.69) is 12.2 Å². The fourth-order valence-corrected chi connectivity index (χ4v) is 3.30. The summed E-state index contributed by atoms with van der Waals surface area (Å²) in [4.78, 5) is 0. The minimum atomic E-state index is -0.845. The summed E-state index contributed by atoms with van der Waals surface area (Å²) in [6.45, 7) is 3.56. The summed E-state index contributed by atoms with van der Waals surface area (Å²) in [6.07, 6.45) is 0.833. The minimum Gasteiger partial charge on any atom is -0.497 e. The van der Waals surface area contributed by atoms with Gasteiger partial charge in [-0.05, 0) is 30.7 Å². The molecule has 4 nitrogen and oxygen atoms in total. The van der Waals surface area contributed by atoms with Crippen molar-refractivity contribution in [3.63, 3.8) is 0 Å². The van der Waals surface area contributed by atoms with Crippen LogP contribution >= 0.6 is 0 Å². The average molecular weight is 299 g/mol. The molecule has 1 aromatic carbocycles. The van der Waals surface area contributed by atoms with Gasteiger partial charge >= 0.3 is 0 Å². The lowest BCUT2D eigenvalue weighted by atomic mass is 10.1. The zero-order chi connectivity index (χ0) is 14.8. The van der Waals surface area contributed by atoms with E-state index in [-0.39, 0.29) is 6.04 Å². The number of hydrogen-bond acceptors (Lipinski definition) is 4. The second-order valence-electron chi connectivity index (χ2n) is 4.54. The Kier molecular flexibility index (Phi) is 8.49. The van der Waals surface area contributed by atoms with Crippen molar-refractivity contribution in [2.75, 3.05) is 38.9 Å². The highest BCUT2D eigenvalue weighted by atomic mass is 32.2. The molecule has 1 aromatic rings. The Morgan fingerprint density at radius 2 is 2.15 bits per heavy atom. The van der Waals surface area contributed by atoms with E-state index in [1.54, 1.807) is 14.2 Å². The predicted molar refractivity (Wildman–Crippen MR) is 83.8 cm³/mol. The Morgan fingerprint density at radius 3 is 2.80 bits per heavy atom. The van der Waals surface area contributed by atoms with E-state index in [0.717, 1.165) is 24.3 Å². The van der Waals surface area contributed by atoms with Crippen molar-refractivity contribution < 1.29 is 13.7 Å². The largest absolute Gasteiger partial charge is 0.497 e. The fraction of sp³-hybridized carbons (Fsp3) is 0.600. The second kappa shape index (κ2) is 9.91. The molecule has 114 valence electrons. The molecular weight excluding hydrogens is 274 g/mol. The molecule has 0 heterocycles. The molecule has 0 aliphatic heterocycles. The summed E-state index contributed by atoms with van der Waals surface area (Å²) in [5.74, 6) is 2.13. The highest BCUT2D eigenvalue weighted by Crippen LogP contribution is 2.20.